The van der Waals surface area contributed by atoms with Gasteiger partial charge in [0, 0.05) is 25.5 Å². The molecule has 2 N–H and O–H groups in total. The second kappa shape index (κ2) is 6.23. The number of thiazole rings is 1. The Morgan fingerprint density at radius 1 is 1.41 bits per heavy atom. The molecule has 114 valence electrons. The molecule has 2 amide bonds. The molecular weight excluding hydrogens is 300 g/mol. The quantitative estimate of drug-likeness (QED) is 0.930. The molecule has 22 heavy (non-hydrogen) atoms. The van der Waals surface area contributed by atoms with E-state index in [1.807, 2.05) is 0 Å². The van der Waals surface area contributed by atoms with Crippen molar-refractivity contribution in [3.8, 4) is 10.6 Å². The van der Waals surface area contributed by atoms with Crippen molar-refractivity contribution in [3.63, 3.8) is 0 Å². The summed E-state index contributed by atoms with van der Waals surface area (Å²) in [7, 11) is 0. The van der Waals surface area contributed by atoms with Crippen molar-refractivity contribution in [3.05, 3.63) is 35.6 Å². The van der Waals surface area contributed by atoms with Crippen LogP contribution in [0.1, 0.15) is 23.2 Å². The fourth-order valence-electron chi connectivity index (χ4n) is 2.67. The lowest BCUT2D eigenvalue weighted by Gasteiger charge is -2.31. The Balaban J connectivity index is 1.88. The van der Waals surface area contributed by atoms with Crippen LogP contribution >= 0.6 is 11.3 Å². The summed E-state index contributed by atoms with van der Waals surface area (Å²) in [6.07, 6.45) is 4.89. The van der Waals surface area contributed by atoms with Gasteiger partial charge in [0.15, 0.2) is 0 Å². The van der Waals surface area contributed by atoms with Gasteiger partial charge >= 0.3 is 0 Å². The van der Waals surface area contributed by atoms with Crippen molar-refractivity contribution in [1.29, 1.82) is 0 Å². The number of hydrogen-bond donors (Lipinski definition) is 1. The van der Waals surface area contributed by atoms with Crippen LogP contribution in [0.3, 0.4) is 0 Å². The standard InChI is InChI=1S/C15H16N4O2S/c16-14(20)10-3-2-6-19(8-10)15(21)11-4-1-5-18-13(11)12-7-17-9-22-12/h1,4-5,7,9-10H,2-3,6,8H2,(H2,16,20)/t10-/m1/s1. The van der Waals surface area contributed by atoms with Crippen molar-refractivity contribution in [2.24, 2.45) is 11.7 Å². The number of rotatable bonds is 3. The summed E-state index contributed by atoms with van der Waals surface area (Å²) in [5, 5.41) is 0. The van der Waals surface area contributed by atoms with Gasteiger partial charge in [0.1, 0.15) is 0 Å². The van der Waals surface area contributed by atoms with Gasteiger partial charge in [-0.05, 0) is 25.0 Å². The smallest absolute Gasteiger partial charge is 0.256 e. The van der Waals surface area contributed by atoms with Crippen LogP contribution in [0.25, 0.3) is 10.6 Å². The molecule has 1 saturated heterocycles. The van der Waals surface area contributed by atoms with Gasteiger partial charge < -0.3 is 10.6 Å². The molecule has 7 heteroatoms. The number of carbonyl (C=O) groups is 2. The Hall–Kier alpha value is -2.28. The summed E-state index contributed by atoms with van der Waals surface area (Å²) in [4.78, 5) is 35.1. The largest absolute Gasteiger partial charge is 0.369 e. The Morgan fingerprint density at radius 2 is 2.27 bits per heavy atom. The second-order valence-electron chi connectivity index (χ2n) is 5.26. The molecule has 0 radical (unpaired) electrons. The molecule has 1 fully saturated rings. The minimum atomic E-state index is -0.341. The van der Waals surface area contributed by atoms with E-state index in [-0.39, 0.29) is 17.7 Å². The third-order valence-electron chi connectivity index (χ3n) is 3.81. The van der Waals surface area contributed by atoms with Crippen LogP contribution in [0.5, 0.6) is 0 Å². The van der Waals surface area contributed by atoms with E-state index in [2.05, 4.69) is 9.97 Å². The van der Waals surface area contributed by atoms with E-state index in [0.29, 0.717) is 24.3 Å². The predicted molar refractivity (Wildman–Crippen MR) is 83.2 cm³/mol. The van der Waals surface area contributed by atoms with Gasteiger partial charge in [-0.3, -0.25) is 19.6 Å². The van der Waals surface area contributed by atoms with Crippen molar-refractivity contribution in [2.75, 3.05) is 13.1 Å². The molecule has 1 aliphatic heterocycles. The SMILES string of the molecule is NC(=O)[C@@H]1CCCN(C(=O)c2cccnc2-c2cncs2)C1. The Labute approximate surface area is 132 Å². The molecule has 1 atom stereocenters. The highest BCUT2D eigenvalue weighted by molar-refractivity contribution is 7.13. The first-order valence-corrected chi connectivity index (χ1v) is 7.97. The summed E-state index contributed by atoms with van der Waals surface area (Å²) in [5.41, 5.74) is 8.26. The van der Waals surface area contributed by atoms with Crippen LogP contribution in [-0.2, 0) is 4.79 Å². The number of amides is 2. The van der Waals surface area contributed by atoms with E-state index in [1.165, 1.54) is 11.3 Å². The zero-order valence-corrected chi connectivity index (χ0v) is 12.8. The van der Waals surface area contributed by atoms with Gasteiger partial charge in [-0.25, -0.2) is 0 Å². The molecule has 0 aliphatic carbocycles. The number of nitrogens with zero attached hydrogens (tertiary/aromatic N) is 3. The third-order valence-corrected chi connectivity index (χ3v) is 4.59. The molecule has 0 aromatic carbocycles. The number of carbonyl (C=O) groups excluding carboxylic acids is 2. The van der Waals surface area contributed by atoms with Crippen LogP contribution in [0.2, 0.25) is 0 Å². The summed E-state index contributed by atoms with van der Waals surface area (Å²) in [6, 6.07) is 3.51. The number of primary amides is 1. The molecule has 0 bridgehead atoms. The first-order chi connectivity index (χ1) is 10.7. The average Bonchev–Trinajstić information content (AvgIpc) is 3.08. The van der Waals surface area contributed by atoms with Crippen molar-refractivity contribution >= 4 is 23.2 Å². The number of aromatic nitrogens is 2. The highest BCUT2D eigenvalue weighted by Crippen LogP contribution is 2.27. The van der Waals surface area contributed by atoms with E-state index >= 15 is 0 Å². The molecule has 6 nitrogen and oxygen atoms in total. The normalized spacial score (nSPS) is 18.2. The lowest BCUT2D eigenvalue weighted by molar-refractivity contribution is -0.123. The minimum absolute atomic E-state index is 0.109. The summed E-state index contributed by atoms with van der Waals surface area (Å²) in [5.74, 6) is -0.713. The number of nitrogens with two attached hydrogens (primary N) is 1. The molecular formula is C15H16N4O2S. The number of pyridine rings is 1. The zero-order chi connectivity index (χ0) is 15.5. The molecule has 0 unspecified atom stereocenters. The Bertz CT molecular complexity index is 687. The van der Waals surface area contributed by atoms with Gasteiger partial charge in [-0.1, -0.05) is 0 Å². The highest BCUT2D eigenvalue weighted by Gasteiger charge is 2.29. The minimum Gasteiger partial charge on any atom is -0.369 e. The zero-order valence-electron chi connectivity index (χ0n) is 11.9. The summed E-state index contributed by atoms with van der Waals surface area (Å²) < 4.78 is 0. The van der Waals surface area contributed by atoms with Crippen LogP contribution < -0.4 is 5.73 Å². The highest BCUT2D eigenvalue weighted by atomic mass is 32.1. The average molecular weight is 316 g/mol. The molecule has 3 rings (SSSR count). The molecule has 0 saturated carbocycles. The van der Waals surface area contributed by atoms with Gasteiger partial charge in [-0.15, -0.1) is 11.3 Å². The molecule has 3 heterocycles. The lowest BCUT2D eigenvalue weighted by Crippen LogP contribution is -2.44. The fourth-order valence-corrected chi connectivity index (χ4v) is 3.30. The fraction of sp³-hybridized carbons (Fsp3) is 0.333. The second-order valence-corrected chi connectivity index (χ2v) is 6.14. The number of likely N-dealkylation sites (tertiary alicyclic amines) is 1. The maximum atomic E-state index is 12.8. The van der Waals surface area contributed by atoms with E-state index in [9.17, 15) is 9.59 Å². The molecule has 0 spiro atoms. The van der Waals surface area contributed by atoms with E-state index in [4.69, 9.17) is 5.73 Å². The number of piperidine rings is 1. The maximum Gasteiger partial charge on any atom is 0.256 e. The summed E-state index contributed by atoms with van der Waals surface area (Å²) in [6.45, 7) is 1.02. The Morgan fingerprint density at radius 3 is 3.00 bits per heavy atom. The molecule has 1 aliphatic rings. The van der Waals surface area contributed by atoms with E-state index in [1.54, 1.807) is 34.9 Å². The van der Waals surface area contributed by atoms with Crippen LogP contribution in [0.15, 0.2) is 30.0 Å². The van der Waals surface area contributed by atoms with Gasteiger partial charge in [0.05, 0.1) is 27.6 Å². The maximum absolute atomic E-state index is 12.8. The van der Waals surface area contributed by atoms with Crippen molar-refractivity contribution in [1.82, 2.24) is 14.9 Å². The molecule has 2 aromatic rings. The summed E-state index contributed by atoms with van der Waals surface area (Å²) >= 11 is 1.44. The lowest BCUT2D eigenvalue weighted by atomic mass is 9.96. The first kappa shape index (κ1) is 14.6. The monoisotopic (exact) mass is 316 g/mol. The molecule has 2 aromatic heterocycles. The predicted octanol–water partition coefficient (Wildman–Crippen LogP) is 1.54. The van der Waals surface area contributed by atoms with E-state index in [0.717, 1.165) is 17.7 Å². The third kappa shape index (κ3) is 2.85. The topological polar surface area (TPSA) is 89.2 Å². The number of hydrogen-bond acceptors (Lipinski definition) is 5. The van der Waals surface area contributed by atoms with E-state index < -0.39 is 0 Å². The van der Waals surface area contributed by atoms with Gasteiger partial charge in [0.25, 0.3) is 5.91 Å². The Kier molecular flexibility index (Phi) is 4.15. The van der Waals surface area contributed by atoms with Gasteiger partial charge in [0.2, 0.25) is 5.91 Å². The van der Waals surface area contributed by atoms with Crippen molar-refractivity contribution in [2.45, 2.75) is 12.8 Å². The van der Waals surface area contributed by atoms with Gasteiger partial charge in [-0.2, -0.15) is 0 Å². The van der Waals surface area contributed by atoms with Crippen molar-refractivity contribution < 1.29 is 9.59 Å². The van der Waals surface area contributed by atoms with Crippen LogP contribution in [0, 0.1) is 5.92 Å². The first-order valence-electron chi connectivity index (χ1n) is 7.09. The van der Waals surface area contributed by atoms with Crippen LogP contribution in [0.4, 0.5) is 0 Å². The van der Waals surface area contributed by atoms with Crippen LogP contribution in [-0.4, -0.2) is 39.8 Å².